The number of hydrogen-bond donors (Lipinski definition) is 2. The zero-order valence-corrected chi connectivity index (χ0v) is 9.89. The molecule has 7 nitrogen and oxygen atoms in total. The maximum Gasteiger partial charge on any atom is 0.165 e. The number of hydrogen-bond acceptors (Lipinski definition) is 6. The Kier molecular flexibility index (Phi) is 2.73. The van der Waals surface area contributed by atoms with Crippen LogP contribution in [-0.2, 0) is 4.74 Å². The van der Waals surface area contributed by atoms with Gasteiger partial charge in [-0.15, -0.1) is 0 Å². The number of aryl methyl sites for hydroxylation is 1. The number of fused-ring (bicyclic) bond motifs is 1. The molecule has 96 valence electrons. The van der Waals surface area contributed by atoms with E-state index in [0.717, 1.165) is 11.2 Å². The molecule has 0 radical (unpaired) electrons. The number of aromatic nitrogens is 4. The molecular weight excluding hydrogens is 236 g/mol. The Morgan fingerprint density at radius 1 is 1.44 bits per heavy atom. The smallest absolute Gasteiger partial charge is 0.165 e. The number of ether oxygens (including phenoxy) is 1. The van der Waals surface area contributed by atoms with E-state index in [2.05, 4.69) is 15.0 Å². The number of rotatable bonds is 2. The Balaban J connectivity index is 1.99. The first kappa shape index (κ1) is 11.5. The molecule has 1 saturated heterocycles. The van der Waals surface area contributed by atoms with E-state index in [1.807, 2.05) is 6.92 Å². The van der Waals surface area contributed by atoms with Gasteiger partial charge in [-0.2, -0.15) is 0 Å². The summed E-state index contributed by atoms with van der Waals surface area (Å²) in [7, 11) is 0. The minimum atomic E-state index is -0.666. The van der Waals surface area contributed by atoms with Crippen molar-refractivity contribution in [3.8, 4) is 0 Å². The van der Waals surface area contributed by atoms with Crippen molar-refractivity contribution < 1.29 is 14.9 Å². The minimum absolute atomic E-state index is 0.196. The van der Waals surface area contributed by atoms with Crippen LogP contribution in [0.4, 0.5) is 0 Å². The van der Waals surface area contributed by atoms with Gasteiger partial charge in [-0.3, -0.25) is 4.57 Å². The predicted molar refractivity (Wildman–Crippen MR) is 61.7 cm³/mol. The average Bonchev–Trinajstić information content (AvgIpc) is 2.93. The van der Waals surface area contributed by atoms with Gasteiger partial charge in [0.1, 0.15) is 24.2 Å². The minimum Gasteiger partial charge on any atom is -0.394 e. The second-order valence-electron chi connectivity index (χ2n) is 4.40. The van der Waals surface area contributed by atoms with Gasteiger partial charge in [-0.05, 0) is 6.92 Å². The first-order valence-corrected chi connectivity index (χ1v) is 5.79. The first-order valence-electron chi connectivity index (χ1n) is 5.79. The number of imidazole rings is 1. The third kappa shape index (κ3) is 1.67. The molecule has 2 aromatic heterocycles. The van der Waals surface area contributed by atoms with E-state index in [-0.39, 0.29) is 12.8 Å². The lowest BCUT2D eigenvalue weighted by Gasteiger charge is -2.13. The second-order valence-corrected chi connectivity index (χ2v) is 4.40. The van der Waals surface area contributed by atoms with E-state index in [0.29, 0.717) is 12.1 Å². The second kappa shape index (κ2) is 4.27. The molecule has 2 N–H and O–H groups in total. The van der Waals surface area contributed by atoms with E-state index < -0.39 is 12.2 Å². The molecule has 0 spiro atoms. The van der Waals surface area contributed by atoms with Crippen molar-refractivity contribution in [3.63, 3.8) is 0 Å². The Morgan fingerprint density at radius 3 is 3.00 bits per heavy atom. The van der Waals surface area contributed by atoms with Crippen molar-refractivity contribution in [2.45, 2.75) is 31.8 Å². The third-order valence-electron chi connectivity index (χ3n) is 3.24. The number of aliphatic hydroxyl groups excluding tert-OH is 2. The topological polar surface area (TPSA) is 93.3 Å². The lowest BCUT2D eigenvalue weighted by molar-refractivity contribution is -0.0432. The van der Waals surface area contributed by atoms with Gasteiger partial charge in [-0.25, -0.2) is 15.0 Å². The average molecular weight is 250 g/mol. The molecule has 0 amide bonds. The molecule has 3 rings (SSSR count). The molecule has 0 aliphatic carbocycles. The summed E-state index contributed by atoms with van der Waals surface area (Å²) in [5.41, 5.74) is 2.21. The molecular formula is C11H14N4O3. The molecule has 1 fully saturated rings. The van der Waals surface area contributed by atoms with Crippen molar-refractivity contribution in [1.29, 1.82) is 0 Å². The monoisotopic (exact) mass is 250 g/mol. The molecule has 3 heterocycles. The van der Waals surface area contributed by atoms with Crippen molar-refractivity contribution in [3.05, 3.63) is 18.3 Å². The zero-order valence-electron chi connectivity index (χ0n) is 9.89. The van der Waals surface area contributed by atoms with Crippen LogP contribution in [0.5, 0.6) is 0 Å². The summed E-state index contributed by atoms with van der Waals surface area (Å²) < 4.78 is 7.34. The lowest BCUT2D eigenvalue weighted by atomic mass is 10.2. The van der Waals surface area contributed by atoms with Crippen molar-refractivity contribution in [2.75, 3.05) is 6.61 Å². The van der Waals surface area contributed by atoms with Crippen LogP contribution in [0.2, 0.25) is 0 Å². The van der Waals surface area contributed by atoms with Gasteiger partial charge in [0.25, 0.3) is 0 Å². The maximum atomic E-state index is 9.73. The Hall–Kier alpha value is -1.57. The van der Waals surface area contributed by atoms with Gasteiger partial charge in [-0.1, -0.05) is 0 Å². The fourth-order valence-electron chi connectivity index (χ4n) is 2.23. The SMILES string of the molecule is Cc1ncnc2c1ncn2[C@@H]1C[C@H](O)[C@@H](CO)O1. The van der Waals surface area contributed by atoms with Gasteiger partial charge >= 0.3 is 0 Å². The quantitative estimate of drug-likeness (QED) is 0.765. The van der Waals surface area contributed by atoms with Crippen molar-refractivity contribution in [2.24, 2.45) is 0 Å². The molecule has 0 bridgehead atoms. The summed E-state index contributed by atoms with van der Waals surface area (Å²) >= 11 is 0. The Bertz CT molecular complexity index is 570. The summed E-state index contributed by atoms with van der Waals surface area (Å²) in [6.07, 6.45) is 1.96. The Morgan fingerprint density at radius 2 is 2.28 bits per heavy atom. The molecule has 0 aromatic carbocycles. The summed E-state index contributed by atoms with van der Waals surface area (Å²) in [6, 6.07) is 0. The highest BCUT2D eigenvalue weighted by molar-refractivity contribution is 5.72. The highest BCUT2D eigenvalue weighted by Crippen LogP contribution is 2.30. The van der Waals surface area contributed by atoms with E-state index in [9.17, 15) is 5.11 Å². The number of nitrogens with zero attached hydrogens (tertiary/aromatic N) is 4. The van der Waals surface area contributed by atoms with Gasteiger partial charge in [0, 0.05) is 6.42 Å². The van der Waals surface area contributed by atoms with Gasteiger partial charge in [0.05, 0.1) is 24.7 Å². The maximum absolute atomic E-state index is 9.73. The highest BCUT2D eigenvalue weighted by Gasteiger charge is 2.35. The molecule has 3 atom stereocenters. The van der Waals surface area contributed by atoms with Crippen LogP contribution in [0.25, 0.3) is 11.2 Å². The van der Waals surface area contributed by atoms with Crippen molar-refractivity contribution in [1.82, 2.24) is 19.5 Å². The summed E-state index contributed by atoms with van der Waals surface area (Å²) in [5.74, 6) is 0. The summed E-state index contributed by atoms with van der Waals surface area (Å²) in [6.45, 7) is 1.67. The summed E-state index contributed by atoms with van der Waals surface area (Å²) in [5, 5.41) is 18.8. The molecule has 1 aliphatic rings. The van der Waals surface area contributed by atoms with Gasteiger partial charge in [0.15, 0.2) is 5.65 Å². The lowest BCUT2D eigenvalue weighted by Crippen LogP contribution is -2.24. The van der Waals surface area contributed by atoms with Crippen LogP contribution in [0, 0.1) is 6.92 Å². The van der Waals surface area contributed by atoms with Crippen LogP contribution in [-0.4, -0.2) is 48.5 Å². The van der Waals surface area contributed by atoms with Gasteiger partial charge in [0.2, 0.25) is 0 Å². The predicted octanol–water partition coefficient (Wildman–Crippen LogP) is -0.225. The van der Waals surface area contributed by atoms with Crippen molar-refractivity contribution >= 4 is 11.2 Å². The largest absolute Gasteiger partial charge is 0.394 e. The van der Waals surface area contributed by atoms with E-state index in [1.165, 1.54) is 6.33 Å². The molecule has 2 aromatic rings. The van der Waals surface area contributed by atoms with Crippen LogP contribution in [0.3, 0.4) is 0 Å². The molecule has 1 aliphatic heterocycles. The molecule has 7 heteroatoms. The fraction of sp³-hybridized carbons (Fsp3) is 0.545. The summed E-state index contributed by atoms with van der Waals surface area (Å²) in [4.78, 5) is 12.5. The third-order valence-corrected chi connectivity index (χ3v) is 3.24. The standard InChI is InChI=1S/C11H14N4O3/c1-6-10-11(13-4-12-6)15(5-14-10)9-2-7(17)8(3-16)18-9/h4-5,7-9,16-17H,2-3H2,1H3/t7-,8+,9-/m0/s1. The number of aliphatic hydroxyl groups is 2. The normalized spacial score (nSPS) is 28.1. The van der Waals surface area contributed by atoms with E-state index >= 15 is 0 Å². The van der Waals surface area contributed by atoms with E-state index in [4.69, 9.17) is 9.84 Å². The molecule has 0 unspecified atom stereocenters. The van der Waals surface area contributed by atoms with Crippen LogP contribution in [0.15, 0.2) is 12.7 Å². The molecule has 18 heavy (non-hydrogen) atoms. The Labute approximate surface area is 103 Å². The van der Waals surface area contributed by atoms with E-state index in [1.54, 1.807) is 10.9 Å². The van der Waals surface area contributed by atoms with Crippen LogP contribution >= 0.6 is 0 Å². The zero-order chi connectivity index (χ0) is 12.7. The van der Waals surface area contributed by atoms with Crippen LogP contribution in [0.1, 0.15) is 18.3 Å². The highest BCUT2D eigenvalue weighted by atomic mass is 16.5. The van der Waals surface area contributed by atoms with Gasteiger partial charge < -0.3 is 14.9 Å². The first-order chi connectivity index (χ1) is 8.70. The fourth-order valence-corrected chi connectivity index (χ4v) is 2.23. The molecule has 0 saturated carbocycles. The van der Waals surface area contributed by atoms with Crippen LogP contribution < -0.4 is 0 Å².